The number of aryl methyl sites for hydroxylation is 1. The molecule has 0 saturated heterocycles. The van der Waals surface area contributed by atoms with E-state index < -0.39 is 10.8 Å². The number of aromatic nitrogens is 2. The Labute approximate surface area is 93.5 Å². The first-order valence-corrected chi connectivity index (χ1v) is 6.76. The van der Waals surface area contributed by atoms with Crippen LogP contribution in [0.1, 0.15) is 25.5 Å². The lowest BCUT2D eigenvalue weighted by atomic mass is 10.2. The molecule has 0 bridgehead atoms. The van der Waals surface area contributed by atoms with Gasteiger partial charge in [0.15, 0.2) is 0 Å². The molecule has 3 unspecified atom stereocenters. The standard InChI is InChI=1S/C10H19N3OS/c1-8(7-15(4)14)12-9(2)10-5-11-13(3)6-10/h5-6,8-9,12H,7H2,1-4H3. The molecule has 15 heavy (non-hydrogen) atoms. The maximum Gasteiger partial charge on any atom is 0.0537 e. The van der Waals surface area contributed by atoms with Gasteiger partial charge in [0, 0.05) is 53.7 Å². The Morgan fingerprint density at radius 3 is 2.73 bits per heavy atom. The van der Waals surface area contributed by atoms with Crippen LogP contribution in [0, 0.1) is 0 Å². The maximum atomic E-state index is 11.0. The molecule has 5 heteroatoms. The van der Waals surface area contributed by atoms with Crippen LogP contribution in [0.4, 0.5) is 0 Å². The van der Waals surface area contributed by atoms with Gasteiger partial charge in [0.1, 0.15) is 0 Å². The van der Waals surface area contributed by atoms with E-state index in [0.29, 0.717) is 5.75 Å². The van der Waals surface area contributed by atoms with Crippen molar-refractivity contribution >= 4 is 10.8 Å². The minimum Gasteiger partial charge on any atom is -0.307 e. The van der Waals surface area contributed by atoms with Gasteiger partial charge in [-0.25, -0.2) is 0 Å². The summed E-state index contributed by atoms with van der Waals surface area (Å²) in [6.07, 6.45) is 5.58. The van der Waals surface area contributed by atoms with Crippen LogP contribution in [0.5, 0.6) is 0 Å². The molecule has 0 spiro atoms. The molecule has 1 rings (SSSR count). The Morgan fingerprint density at radius 1 is 1.60 bits per heavy atom. The van der Waals surface area contributed by atoms with Gasteiger partial charge in [-0.05, 0) is 13.8 Å². The van der Waals surface area contributed by atoms with Crippen molar-refractivity contribution < 1.29 is 4.21 Å². The summed E-state index contributed by atoms with van der Waals surface area (Å²) in [5.41, 5.74) is 1.16. The second kappa shape index (κ2) is 5.42. The highest BCUT2D eigenvalue weighted by atomic mass is 32.2. The van der Waals surface area contributed by atoms with E-state index in [4.69, 9.17) is 0 Å². The second-order valence-corrected chi connectivity index (χ2v) is 5.46. The Bertz CT molecular complexity index is 337. The molecule has 0 aliphatic carbocycles. The van der Waals surface area contributed by atoms with Gasteiger partial charge in [0.25, 0.3) is 0 Å². The summed E-state index contributed by atoms with van der Waals surface area (Å²) < 4.78 is 12.8. The number of rotatable bonds is 5. The fourth-order valence-corrected chi connectivity index (χ4v) is 2.39. The van der Waals surface area contributed by atoms with Crippen LogP contribution in [-0.2, 0) is 17.8 Å². The monoisotopic (exact) mass is 229 g/mol. The molecule has 0 fully saturated rings. The average Bonchev–Trinajstić information content (AvgIpc) is 2.49. The first-order valence-electron chi connectivity index (χ1n) is 5.03. The van der Waals surface area contributed by atoms with Gasteiger partial charge in [-0.2, -0.15) is 5.10 Å². The Morgan fingerprint density at radius 2 is 2.27 bits per heavy atom. The summed E-state index contributed by atoms with van der Waals surface area (Å²) in [4.78, 5) is 0. The number of nitrogens with one attached hydrogen (secondary N) is 1. The van der Waals surface area contributed by atoms with Gasteiger partial charge in [-0.1, -0.05) is 0 Å². The summed E-state index contributed by atoms with van der Waals surface area (Å²) in [7, 11) is 1.16. The first kappa shape index (κ1) is 12.4. The number of nitrogens with zero attached hydrogens (tertiary/aromatic N) is 2. The fourth-order valence-electron chi connectivity index (χ4n) is 1.59. The first-order chi connectivity index (χ1) is 6.99. The summed E-state index contributed by atoms with van der Waals surface area (Å²) >= 11 is 0. The third-order valence-electron chi connectivity index (χ3n) is 2.24. The van der Waals surface area contributed by atoms with Crippen molar-refractivity contribution in [2.24, 2.45) is 7.05 Å². The predicted molar refractivity (Wildman–Crippen MR) is 63.2 cm³/mol. The van der Waals surface area contributed by atoms with E-state index in [0.717, 1.165) is 5.56 Å². The molecule has 0 amide bonds. The van der Waals surface area contributed by atoms with Gasteiger partial charge in [0.2, 0.25) is 0 Å². The molecule has 0 aliphatic rings. The summed E-state index contributed by atoms with van der Waals surface area (Å²) in [5.74, 6) is 0.685. The Hall–Kier alpha value is -0.680. The molecule has 0 aliphatic heterocycles. The zero-order chi connectivity index (χ0) is 11.4. The van der Waals surface area contributed by atoms with Crippen molar-refractivity contribution in [2.45, 2.75) is 25.9 Å². The van der Waals surface area contributed by atoms with Crippen molar-refractivity contribution in [3.05, 3.63) is 18.0 Å². The minimum absolute atomic E-state index is 0.247. The Kier molecular flexibility index (Phi) is 4.47. The zero-order valence-corrected chi connectivity index (χ0v) is 10.5. The molecule has 0 radical (unpaired) electrons. The largest absolute Gasteiger partial charge is 0.307 e. The van der Waals surface area contributed by atoms with E-state index in [1.165, 1.54) is 0 Å². The van der Waals surface area contributed by atoms with Gasteiger partial charge < -0.3 is 5.32 Å². The molecule has 1 aromatic heterocycles. The Balaban J connectivity index is 2.48. The summed E-state index contributed by atoms with van der Waals surface area (Å²) in [6, 6.07) is 0.503. The number of hydrogen-bond acceptors (Lipinski definition) is 3. The van der Waals surface area contributed by atoms with E-state index in [1.807, 2.05) is 26.4 Å². The fraction of sp³-hybridized carbons (Fsp3) is 0.700. The second-order valence-electron chi connectivity index (χ2n) is 3.98. The lowest BCUT2D eigenvalue weighted by molar-refractivity contribution is 0.508. The van der Waals surface area contributed by atoms with Crippen molar-refractivity contribution in [1.82, 2.24) is 15.1 Å². The predicted octanol–water partition coefficient (Wildman–Crippen LogP) is 0.838. The highest BCUT2D eigenvalue weighted by Crippen LogP contribution is 2.11. The van der Waals surface area contributed by atoms with E-state index in [1.54, 1.807) is 10.9 Å². The highest BCUT2D eigenvalue weighted by molar-refractivity contribution is 7.84. The van der Waals surface area contributed by atoms with Crippen molar-refractivity contribution in [2.75, 3.05) is 12.0 Å². The summed E-state index contributed by atoms with van der Waals surface area (Å²) in [6.45, 7) is 4.14. The quantitative estimate of drug-likeness (QED) is 0.814. The van der Waals surface area contributed by atoms with Gasteiger partial charge in [-0.15, -0.1) is 0 Å². The van der Waals surface area contributed by atoms with E-state index >= 15 is 0 Å². The van der Waals surface area contributed by atoms with Crippen LogP contribution < -0.4 is 5.32 Å². The van der Waals surface area contributed by atoms with Crippen LogP contribution in [0.25, 0.3) is 0 Å². The van der Waals surface area contributed by atoms with E-state index in [9.17, 15) is 4.21 Å². The molecular formula is C10H19N3OS. The van der Waals surface area contributed by atoms with E-state index in [2.05, 4.69) is 17.3 Å². The lowest BCUT2D eigenvalue weighted by Gasteiger charge is -2.17. The normalized spacial score (nSPS) is 17.3. The molecule has 0 saturated carbocycles. The molecule has 1 aromatic rings. The highest BCUT2D eigenvalue weighted by Gasteiger charge is 2.11. The molecule has 1 N–H and O–H groups in total. The molecule has 1 heterocycles. The number of hydrogen-bond donors (Lipinski definition) is 1. The molecular weight excluding hydrogens is 210 g/mol. The van der Waals surface area contributed by atoms with E-state index in [-0.39, 0.29) is 12.1 Å². The van der Waals surface area contributed by atoms with Crippen LogP contribution in [-0.4, -0.2) is 32.0 Å². The molecule has 3 atom stereocenters. The molecule has 0 aromatic carbocycles. The lowest BCUT2D eigenvalue weighted by Crippen LogP contribution is -2.33. The smallest absolute Gasteiger partial charge is 0.0537 e. The van der Waals surface area contributed by atoms with Gasteiger partial charge in [-0.3, -0.25) is 8.89 Å². The molecule has 4 nitrogen and oxygen atoms in total. The van der Waals surface area contributed by atoms with Crippen LogP contribution in [0.2, 0.25) is 0 Å². The minimum atomic E-state index is -0.747. The van der Waals surface area contributed by atoms with Crippen molar-refractivity contribution in [3.63, 3.8) is 0 Å². The average molecular weight is 229 g/mol. The van der Waals surface area contributed by atoms with Gasteiger partial charge in [0.05, 0.1) is 6.20 Å². The van der Waals surface area contributed by atoms with Crippen LogP contribution >= 0.6 is 0 Å². The SMILES string of the molecule is CC(CS(C)=O)NC(C)c1cnn(C)c1. The van der Waals surface area contributed by atoms with Crippen LogP contribution in [0.15, 0.2) is 12.4 Å². The molecule has 86 valence electrons. The topological polar surface area (TPSA) is 46.9 Å². The zero-order valence-electron chi connectivity index (χ0n) is 9.73. The van der Waals surface area contributed by atoms with Crippen molar-refractivity contribution in [1.29, 1.82) is 0 Å². The van der Waals surface area contributed by atoms with Crippen molar-refractivity contribution in [3.8, 4) is 0 Å². The maximum absolute atomic E-state index is 11.0. The third kappa shape index (κ3) is 4.13. The van der Waals surface area contributed by atoms with Gasteiger partial charge >= 0.3 is 0 Å². The van der Waals surface area contributed by atoms with Crippen LogP contribution in [0.3, 0.4) is 0 Å². The summed E-state index contributed by atoms with van der Waals surface area (Å²) in [5, 5.41) is 7.52. The third-order valence-corrected chi connectivity index (χ3v) is 3.21.